The predicted molar refractivity (Wildman–Crippen MR) is 87.2 cm³/mol. The molecule has 1 aromatic carbocycles. The highest BCUT2D eigenvalue weighted by Gasteiger charge is 2.29. The van der Waals surface area contributed by atoms with Crippen molar-refractivity contribution in [3.05, 3.63) is 29.8 Å². The van der Waals surface area contributed by atoms with E-state index in [-0.39, 0.29) is 17.4 Å². The van der Waals surface area contributed by atoms with Crippen molar-refractivity contribution in [2.75, 3.05) is 31.9 Å². The lowest BCUT2D eigenvalue weighted by atomic mass is 9.98. The zero-order chi connectivity index (χ0) is 15.6. The summed E-state index contributed by atoms with van der Waals surface area (Å²) >= 11 is 0. The molecule has 0 aromatic heterocycles. The number of amides is 1. The van der Waals surface area contributed by atoms with Gasteiger partial charge in [0.1, 0.15) is 0 Å². The Labute approximate surface area is 127 Å². The molecule has 4 heteroatoms. The van der Waals surface area contributed by atoms with Crippen molar-refractivity contribution in [1.29, 1.82) is 0 Å². The second-order valence-electron chi connectivity index (χ2n) is 6.87. The van der Waals surface area contributed by atoms with E-state index in [0.29, 0.717) is 5.69 Å². The standard InChI is InChI=1S/C17H27N3O/c1-13(14-6-5-7-15(18)12-14)16(21)19-8-10-20(11-9-19)17(2,3)4/h5-7,12-13H,8-11,18H2,1-4H3. The maximum absolute atomic E-state index is 12.6. The molecule has 116 valence electrons. The van der Waals surface area contributed by atoms with Gasteiger partial charge in [0.25, 0.3) is 0 Å². The van der Waals surface area contributed by atoms with Crippen LogP contribution in [0.1, 0.15) is 39.2 Å². The fraction of sp³-hybridized carbons (Fsp3) is 0.588. The van der Waals surface area contributed by atoms with Crippen LogP contribution >= 0.6 is 0 Å². The number of nitrogen functional groups attached to an aromatic ring is 1. The highest BCUT2D eigenvalue weighted by atomic mass is 16.2. The number of hydrogen-bond acceptors (Lipinski definition) is 3. The van der Waals surface area contributed by atoms with Crippen molar-refractivity contribution < 1.29 is 4.79 Å². The van der Waals surface area contributed by atoms with Gasteiger partial charge in [-0.15, -0.1) is 0 Å². The Bertz CT molecular complexity index is 499. The molecular weight excluding hydrogens is 262 g/mol. The van der Waals surface area contributed by atoms with Crippen LogP contribution in [0.5, 0.6) is 0 Å². The molecular formula is C17H27N3O. The average molecular weight is 289 g/mol. The van der Waals surface area contributed by atoms with Crippen LogP contribution in [-0.4, -0.2) is 47.4 Å². The number of nitrogens with zero attached hydrogens (tertiary/aromatic N) is 2. The van der Waals surface area contributed by atoms with Crippen LogP contribution < -0.4 is 5.73 Å². The van der Waals surface area contributed by atoms with E-state index in [0.717, 1.165) is 31.7 Å². The molecule has 1 saturated heterocycles. The molecule has 1 atom stereocenters. The van der Waals surface area contributed by atoms with Crippen LogP contribution in [0.4, 0.5) is 5.69 Å². The molecule has 4 nitrogen and oxygen atoms in total. The second kappa shape index (κ2) is 6.06. The van der Waals surface area contributed by atoms with Gasteiger partial charge in [-0.1, -0.05) is 12.1 Å². The van der Waals surface area contributed by atoms with Crippen LogP contribution in [-0.2, 0) is 4.79 Å². The van der Waals surface area contributed by atoms with Gasteiger partial charge in [-0.05, 0) is 45.4 Å². The fourth-order valence-electron chi connectivity index (χ4n) is 2.84. The van der Waals surface area contributed by atoms with E-state index in [1.807, 2.05) is 36.1 Å². The lowest BCUT2D eigenvalue weighted by molar-refractivity contribution is -0.135. The summed E-state index contributed by atoms with van der Waals surface area (Å²) in [4.78, 5) is 17.0. The highest BCUT2D eigenvalue weighted by molar-refractivity contribution is 5.83. The molecule has 0 aliphatic carbocycles. The summed E-state index contributed by atoms with van der Waals surface area (Å²) < 4.78 is 0. The predicted octanol–water partition coefficient (Wildman–Crippen LogP) is 2.31. The monoisotopic (exact) mass is 289 g/mol. The quantitative estimate of drug-likeness (QED) is 0.850. The van der Waals surface area contributed by atoms with Gasteiger partial charge in [0.2, 0.25) is 5.91 Å². The Balaban J connectivity index is 1.99. The summed E-state index contributed by atoms with van der Waals surface area (Å²) in [5.74, 6) is 0.0730. The third kappa shape index (κ3) is 3.76. The van der Waals surface area contributed by atoms with E-state index in [9.17, 15) is 4.79 Å². The van der Waals surface area contributed by atoms with E-state index >= 15 is 0 Å². The lowest BCUT2D eigenvalue weighted by Crippen LogP contribution is -2.55. The Morgan fingerprint density at radius 2 is 1.81 bits per heavy atom. The lowest BCUT2D eigenvalue weighted by Gasteiger charge is -2.42. The molecule has 1 heterocycles. The van der Waals surface area contributed by atoms with E-state index < -0.39 is 0 Å². The number of carbonyl (C=O) groups is 1. The van der Waals surface area contributed by atoms with Gasteiger partial charge >= 0.3 is 0 Å². The summed E-state index contributed by atoms with van der Waals surface area (Å²) in [5.41, 5.74) is 7.70. The fourth-order valence-corrected chi connectivity index (χ4v) is 2.84. The van der Waals surface area contributed by atoms with Crippen molar-refractivity contribution in [3.63, 3.8) is 0 Å². The molecule has 0 saturated carbocycles. The van der Waals surface area contributed by atoms with Crippen molar-refractivity contribution in [2.24, 2.45) is 0 Å². The van der Waals surface area contributed by atoms with Gasteiger partial charge in [-0.25, -0.2) is 0 Å². The first kappa shape index (κ1) is 15.8. The maximum atomic E-state index is 12.6. The normalized spacial score (nSPS) is 18.6. The Morgan fingerprint density at radius 3 is 2.33 bits per heavy atom. The number of rotatable bonds is 2. The zero-order valence-corrected chi connectivity index (χ0v) is 13.6. The van der Waals surface area contributed by atoms with Crippen LogP contribution in [0.3, 0.4) is 0 Å². The minimum Gasteiger partial charge on any atom is -0.399 e. The maximum Gasteiger partial charge on any atom is 0.229 e. The molecule has 1 fully saturated rings. The Kier molecular flexibility index (Phi) is 4.57. The smallest absolute Gasteiger partial charge is 0.229 e. The summed E-state index contributed by atoms with van der Waals surface area (Å²) in [5, 5.41) is 0. The van der Waals surface area contributed by atoms with E-state index in [4.69, 9.17) is 5.73 Å². The summed E-state index contributed by atoms with van der Waals surface area (Å²) in [6.45, 7) is 12.1. The van der Waals surface area contributed by atoms with Gasteiger partial charge in [0.15, 0.2) is 0 Å². The van der Waals surface area contributed by atoms with Crippen LogP contribution in [0, 0.1) is 0 Å². The summed E-state index contributed by atoms with van der Waals surface area (Å²) in [6.07, 6.45) is 0. The first-order valence-corrected chi connectivity index (χ1v) is 7.68. The second-order valence-corrected chi connectivity index (χ2v) is 6.87. The molecule has 2 rings (SSSR count). The molecule has 21 heavy (non-hydrogen) atoms. The van der Waals surface area contributed by atoms with Crippen molar-refractivity contribution >= 4 is 11.6 Å². The van der Waals surface area contributed by atoms with Crippen molar-refractivity contribution in [1.82, 2.24) is 9.80 Å². The molecule has 0 spiro atoms. The van der Waals surface area contributed by atoms with Gasteiger partial charge in [-0.2, -0.15) is 0 Å². The first-order valence-electron chi connectivity index (χ1n) is 7.68. The third-order valence-electron chi connectivity index (χ3n) is 4.32. The van der Waals surface area contributed by atoms with Gasteiger partial charge < -0.3 is 10.6 Å². The number of hydrogen-bond donors (Lipinski definition) is 1. The number of carbonyl (C=O) groups excluding carboxylic acids is 1. The SMILES string of the molecule is CC(C(=O)N1CCN(C(C)(C)C)CC1)c1cccc(N)c1. The molecule has 0 bridgehead atoms. The molecule has 1 aromatic rings. The molecule has 1 aliphatic heterocycles. The number of nitrogens with two attached hydrogens (primary N) is 1. The molecule has 2 N–H and O–H groups in total. The van der Waals surface area contributed by atoms with Gasteiger partial charge in [-0.3, -0.25) is 9.69 Å². The molecule has 1 unspecified atom stereocenters. The Morgan fingerprint density at radius 1 is 1.19 bits per heavy atom. The number of anilines is 1. The van der Waals surface area contributed by atoms with Crippen LogP contribution in [0.2, 0.25) is 0 Å². The summed E-state index contributed by atoms with van der Waals surface area (Å²) in [7, 11) is 0. The van der Waals surface area contributed by atoms with Gasteiger partial charge in [0, 0.05) is 37.4 Å². The molecule has 1 amide bonds. The topological polar surface area (TPSA) is 49.6 Å². The minimum atomic E-state index is -0.130. The van der Waals surface area contributed by atoms with Crippen molar-refractivity contribution in [3.8, 4) is 0 Å². The van der Waals surface area contributed by atoms with Crippen molar-refractivity contribution in [2.45, 2.75) is 39.2 Å². The van der Waals surface area contributed by atoms with E-state index in [1.165, 1.54) is 0 Å². The number of benzene rings is 1. The van der Waals surface area contributed by atoms with E-state index in [2.05, 4.69) is 25.7 Å². The zero-order valence-electron chi connectivity index (χ0n) is 13.6. The molecule has 1 aliphatic rings. The third-order valence-corrected chi connectivity index (χ3v) is 4.32. The highest BCUT2D eigenvalue weighted by Crippen LogP contribution is 2.22. The minimum absolute atomic E-state index is 0.130. The Hall–Kier alpha value is -1.55. The summed E-state index contributed by atoms with van der Waals surface area (Å²) in [6, 6.07) is 7.63. The average Bonchev–Trinajstić information content (AvgIpc) is 2.45. The first-order chi connectivity index (χ1) is 9.79. The van der Waals surface area contributed by atoms with E-state index in [1.54, 1.807) is 0 Å². The number of piperazine rings is 1. The largest absolute Gasteiger partial charge is 0.399 e. The molecule has 0 radical (unpaired) electrons. The van der Waals surface area contributed by atoms with Crippen LogP contribution in [0.25, 0.3) is 0 Å². The van der Waals surface area contributed by atoms with Gasteiger partial charge in [0.05, 0.1) is 5.92 Å². The van der Waals surface area contributed by atoms with Crippen LogP contribution in [0.15, 0.2) is 24.3 Å².